The minimum absolute atomic E-state index is 0.0901. The molecule has 144 valence electrons. The summed E-state index contributed by atoms with van der Waals surface area (Å²) in [4.78, 5) is 28.9. The fourth-order valence-electron chi connectivity index (χ4n) is 3.71. The van der Waals surface area contributed by atoms with Crippen LogP contribution in [0.1, 0.15) is 48.4 Å². The normalized spacial score (nSPS) is 14.2. The number of carbonyl (C=O) groups is 1. The van der Waals surface area contributed by atoms with E-state index in [0.29, 0.717) is 11.5 Å². The monoisotopic (exact) mass is 374 g/mol. The number of aryl methyl sites for hydroxylation is 1. The molecule has 0 radical (unpaired) electrons. The molecule has 0 spiro atoms. The zero-order chi connectivity index (χ0) is 19.7. The fourth-order valence-corrected chi connectivity index (χ4v) is 3.71. The summed E-state index contributed by atoms with van der Waals surface area (Å²) in [6.45, 7) is 8.01. The second kappa shape index (κ2) is 7.66. The third kappa shape index (κ3) is 3.75. The molecule has 1 aliphatic rings. The van der Waals surface area contributed by atoms with Crippen LogP contribution in [-0.4, -0.2) is 38.8 Å². The molecule has 0 unspecified atom stereocenters. The first-order valence-corrected chi connectivity index (χ1v) is 10.0. The van der Waals surface area contributed by atoms with Gasteiger partial charge in [0.05, 0.1) is 16.8 Å². The summed E-state index contributed by atoms with van der Waals surface area (Å²) in [5, 5.41) is 0.906. The van der Waals surface area contributed by atoms with Crippen molar-refractivity contribution in [3.8, 4) is 11.3 Å². The van der Waals surface area contributed by atoms with Crippen LogP contribution in [0.3, 0.4) is 0 Å². The average Bonchev–Trinajstić information content (AvgIpc) is 3.21. The van der Waals surface area contributed by atoms with Crippen molar-refractivity contribution in [3.05, 3.63) is 53.6 Å². The van der Waals surface area contributed by atoms with Crippen LogP contribution in [0.4, 0.5) is 0 Å². The average molecular weight is 374 g/mol. The van der Waals surface area contributed by atoms with Crippen LogP contribution >= 0.6 is 0 Å². The third-order valence-electron chi connectivity index (χ3n) is 5.18. The number of fused-ring (bicyclic) bond motifs is 1. The molecule has 5 heteroatoms. The van der Waals surface area contributed by atoms with Gasteiger partial charge in [0, 0.05) is 42.9 Å². The van der Waals surface area contributed by atoms with E-state index in [4.69, 9.17) is 4.98 Å². The van der Waals surface area contributed by atoms with Crippen molar-refractivity contribution in [3.63, 3.8) is 0 Å². The van der Waals surface area contributed by atoms with Crippen molar-refractivity contribution in [2.24, 2.45) is 5.92 Å². The van der Waals surface area contributed by atoms with E-state index in [1.165, 1.54) is 0 Å². The second-order valence-corrected chi connectivity index (χ2v) is 8.06. The number of pyridine rings is 1. The van der Waals surface area contributed by atoms with E-state index in [1.807, 2.05) is 48.5 Å². The number of aromatic nitrogens is 3. The fraction of sp³-hybridized carbons (Fsp3) is 0.391. The van der Waals surface area contributed by atoms with Gasteiger partial charge in [0.15, 0.2) is 0 Å². The first-order valence-electron chi connectivity index (χ1n) is 10.0. The number of likely N-dealkylation sites (tertiary alicyclic amines) is 1. The first kappa shape index (κ1) is 18.5. The maximum absolute atomic E-state index is 13.2. The number of hydrogen-bond acceptors (Lipinski definition) is 4. The molecule has 2 aromatic heterocycles. The molecule has 5 nitrogen and oxygen atoms in total. The third-order valence-corrected chi connectivity index (χ3v) is 5.18. The van der Waals surface area contributed by atoms with E-state index >= 15 is 0 Å². The van der Waals surface area contributed by atoms with Crippen LogP contribution < -0.4 is 0 Å². The predicted octanol–water partition coefficient (Wildman–Crippen LogP) is 4.43. The van der Waals surface area contributed by atoms with Gasteiger partial charge in [0.1, 0.15) is 5.82 Å². The van der Waals surface area contributed by atoms with Gasteiger partial charge in [-0.3, -0.25) is 4.79 Å². The Morgan fingerprint density at radius 2 is 1.82 bits per heavy atom. The molecule has 1 saturated heterocycles. The van der Waals surface area contributed by atoms with E-state index in [9.17, 15) is 4.79 Å². The Hall–Kier alpha value is -2.82. The second-order valence-electron chi connectivity index (χ2n) is 8.06. The molecule has 3 aromatic rings. The lowest BCUT2D eigenvalue weighted by atomic mass is 10.0. The van der Waals surface area contributed by atoms with Crippen LogP contribution in [0.15, 0.2) is 36.7 Å². The van der Waals surface area contributed by atoms with E-state index in [-0.39, 0.29) is 5.91 Å². The van der Waals surface area contributed by atoms with Gasteiger partial charge in [-0.25, -0.2) is 15.0 Å². The van der Waals surface area contributed by atoms with Crippen LogP contribution in [0.25, 0.3) is 22.2 Å². The summed E-state index contributed by atoms with van der Waals surface area (Å²) in [5.74, 6) is 1.44. The Morgan fingerprint density at radius 3 is 2.50 bits per heavy atom. The van der Waals surface area contributed by atoms with E-state index < -0.39 is 0 Å². The van der Waals surface area contributed by atoms with Crippen molar-refractivity contribution in [1.82, 2.24) is 19.9 Å². The Bertz CT molecular complexity index is 1010. The first-order chi connectivity index (χ1) is 13.5. The lowest BCUT2D eigenvalue weighted by molar-refractivity contribution is 0.0794. The molecule has 1 aliphatic heterocycles. The van der Waals surface area contributed by atoms with Crippen molar-refractivity contribution in [2.45, 2.75) is 40.0 Å². The van der Waals surface area contributed by atoms with Crippen molar-refractivity contribution in [1.29, 1.82) is 0 Å². The van der Waals surface area contributed by atoms with Crippen LogP contribution in [0.2, 0.25) is 0 Å². The number of benzene rings is 1. The van der Waals surface area contributed by atoms with E-state index in [1.54, 1.807) is 0 Å². The minimum atomic E-state index is 0.0901. The minimum Gasteiger partial charge on any atom is -0.339 e. The van der Waals surface area contributed by atoms with Gasteiger partial charge in [0.2, 0.25) is 0 Å². The van der Waals surface area contributed by atoms with Gasteiger partial charge in [0.25, 0.3) is 5.91 Å². The predicted molar refractivity (Wildman–Crippen MR) is 111 cm³/mol. The van der Waals surface area contributed by atoms with Crippen molar-refractivity contribution in [2.75, 3.05) is 13.1 Å². The van der Waals surface area contributed by atoms with Gasteiger partial charge < -0.3 is 4.90 Å². The number of amides is 1. The molecule has 0 atom stereocenters. The number of nitrogens with zero attached hydrogens (tertiary/aromatic N) is 4. The molecule has 0 N–H and O–H groups in total. The Balaban J connectivity index is 1.79. The Kier molecular flexibility index (Phi) is 5.07. The smallest absolute Gasteiger partial charge is 0.254 e. The molecular formula is C23H26N4O. The van der Waals surface area contributed by atoms with Crippen LogP contribution in [0, 0.1) is 12.8 Å². The summed E-state index contributed by atoms with van der Waals surface area (Å²) in [7, 11) is 0. The lowest BCUT2D eigenvalue weighted by Gasteiger charge is -2.17. The molecule has 1 fully saturated rings. The molecule has 0 aliphatic carbocycles. The standard InChI is InChI=1S/C23H26N4O/c1-15(2)10-22-24-13-17(14-25-22)20-12-19(23(28)27-8-4-5-9-27)18-7-6-16(3)11-21(18)26-20/h6-7,11-15H,4-5,8-10H2,1-3H3. The summed E-state index contributed by atoms with van der Waals surface area (Å²) in [6.07, 6.45) is 6.64. The van der Waals surface area contributed by atoms with Gasteiger partial charge in [-0.1, -0.05) is 26.0 Å². The summed E-state index contributed by atoms with van der Waals surface area (Å²) >= 11 is 0. The van der Waals surface area contributed by atoms with E-state index in [0.717, 1.165) is 65.9 Å². The maximum atomic E-state index is 13.2. The lowest BCUT2D eigenvalue weighted by Crippen LogP contribution is -2.27. The summed E-state index contributed by atoms with van der Waals surface area (Å²) in [6, 6.07) is 7.98. The SMILES string of the molecule is Cc1ccc2c(C(=O)N3CCCC3)cc(-c3cnc(CC(C)C)nc3)nc2c1. The number of carbonyl (C=O) groups excluding carboxylic acids is 1. The van der Waals surface area contributed by atoms with Crippen LogP contribution in [-0.2, 0) is 6.42 Å². The van der Waals surface area contributed by atoms with Crippen molar-refractivity contribution >= 4 is 16.8 Å². The largest absolute Gasteiger partial charge is 0.339 e. The van der Waals surface area contributed by atoms with Gasteiger partial charge in [-0.05, 0) is 43.4 Å². The summed E-state index contributed by atoms with van der Waals surface area (Å²) in [5.41, 5.74) is 4.27. The highest BCUT2D eigenvalue weighted by Crippen LogP contribution is 2.27. The molecule has 28 heavy (non-hydrogen) atoms. The molecule has 1 amide bonds. The van der Waals surface area contributed by atoms with Crippen LogP contribution in [0.5, 0.6) is 0 Å². The highest BCUT2D eigenvalue weighted by molar-refractivity contribution is 6.07. The molecule has 4 rings (SSSR count). The zero-order valence-corrected chi connectivity index (χ0v) is 16.8. The highest BCUT2D eigenvalue weighted by Gasteiger charge is 2.22. The number of rotatable bonds is 4. The highest BCUT2D eigenvalue weighted by atomic mass is 16.2. The van der Waals surface area contributed by atoms with Gasteiger partial charge in [-0.2, -0.15) is 0 Å². The topological polar surface area (TPSA) is 59.0 Å². The quantitative estimate of drug-likeness (QED) is 0.678. The Labute approximate surface area is 165 Å². The maximum Gasteiger partial charge on any atom is 0.254 e. The van der Waals surface area contributed by atoms with E-state index in [2.05, 4.69) is 23.8 Å². The van der Waals surface area contributed by atoms with Gasteiger partial charge in [-0.15, -0.1) is 0 Å². The molecule has 0 saturated carbocycles. The molecular weight excluding hydrogens is 348 g/mol. The number of hydrogen-bond donors (Lipinski definition) is 0. The van der Waals surface area contributed by atoms with Crippen molar-refractivity contribution < 1.29 is 4.79 Å². The Morgan fingerprint density at radius 1 is 1.11 bits per heavy atom. The molecule has 0 bridgehead atoms. The summed E-state index contributed by atoms with van der Waals surface area (Å²) < 4.78 is 0. The zero-order valence-electron chi connectivity index (χ0n) is 16.8. The molecule has 1 aromatic carbocycles. The van der Waals surface area contributed by atoms with Gasteiger partial charge >= 0.3 is 0 Å². The molecule has 3 heterocycles.